The SMILES string of the molecule is O=[N+]([O-])c1cc([C@@H]2SC=C3Sc4nncn4N32)ccc1N1CCOCC1. The quantitative estimate of drug-likeness (QED) is 0.578. The fourth-order valence-electron chi connectivity index (χ4n) is 3.30. The molecule has 1 aromatic heterocycles. The van der Waals surface area contributed by atoms with E-state index in [9.17, 15) is 10.1 Å². The number of anilines is 1. The molecule has 1 atom stereocenters. The number of ether oxygens (including phenoxy) is 1. The van der Waals surface area contributed by atoms with Crippen LogP contribution >= 0.6 is 23.5 Å². The van der Waals surface area contributed by atoms with Crippen LogP contribution in [0.1, 0.15) is 10.9 Å². The lowest BCUT2D eigenvalue weighted by Crippen LogP contribution is -2.36. The van der Waals surface area contributed by atoms with Crippen LogP contribution in [0.5, 0.6) is 0 Å². The van der Waals surface area contributed by atoms with Gasteiger partial charge in [-0.15, -0.1) is 10.2 Å². The molecule has 0 unspecified atom stereocenters. The summed E-state index contributed by atoms with van der Waals surface area (Å²) in [5.41, 5.74) is 1.67. The molecule has 0 saturated carbocycles. The van der Waals surface area contributed by atoms with Crippen LogP contribution in [0.4, 0.5) is 11.4 Å². The van der Waals surface area contributed by atoms with Crippen LogP contribution in [-0.4, -0.2) is 46.1 Å². The first-order chi connectivity index (χ1) is 12.7. The molecule has 4 heterocycles. The standard InChI is InChI=1S/C15H14N6O3S2/c22-21(23)12-7-10(1-2-11(12)18-3-5-24-6-4-18)14-20-13(8-25-14)26-15-17-16-9-19(15)20/h1-2,7-9,14H,3-6H2/t14-/m0/s1. The molecule has 5 rings (SSSR count). The smallest absolute Gasteiger partial charge is 0.292 e. The van der Waals surface area contributed by atoms with E-state index in [1.807, 2.05) is 21.7 Å². The summed E-state index contributed by atoms with van der Waals surface area (Å²) >= 11 is 3.17. The van der Waals surface area contributed by atoms with E-state index in [1.54, 1.807) is 35.9 Å². The third-order valence-electron chi connectivity index (χ3n) is 4.51. The maximum atomic E-state index is 11.7. The Hall–Kier alpha value is -2.24. The second kappa shape index (κ2) is 6.18. The minimum Gasteiger partial charge on any atom is -0.378 e. The lowest BCUT2D eigenvalue weighted by Gasteiger charge is -2.29. The molecule has 0 spiro atoms. The number of nitro benzene ring substituents is 1. The van der Waals surface area contributed by atoms with Crippen molar-refractivity contribution in [1.29, 1.82) is 0 Å². The van der Waals surface area contributed by atoms with Crippen LogP contribution in [0.25, 0.3) is 0 Å². The van der Waals surface area contributed by atoms with E-state index >= 15 is 0 Å². The Balaban J connectivity index is 1.50. The van der Waals surface area contributed by atoms with Crippen LogP contribution in [0.2, 0.25) is 0 Å². The summed E-state index contributed by atoms with van der Waals surface area (Å²) < 4.78 is 7.25. The van der Waals surface area contributed by atoms with Crippen molar-refractivity contribution in [2.45, 2.75) is 10.5 Å². The fourth-order valence-corrected chi connectivity index (χ4v) is 5.50. The summed E-state index contributed by atoms with van der Waals surface area (Å²) in [6.07, 6.45) is 1.67. The first kappa shape index (κ1) is 16.0. The second-order valence-corrected chi connectivity index (χ2v) is 7.90. The molecule has 134 valence electrons. The van der Waals surface area contributed by atoms with Crippen molar-refractivity contribution in [3.8, 4) is 0 Å². The van der Waals surface area contributed by atoms with E-state index in [0.717, 1.165) is 15.7 Å². The molecule has 3 aliphatic heterocycles. The molecule has 0 amide bonds. The molecular weight excluding hydrogens is 376 g/mol. The van der Waals surface area contributed by atoms with Crippen molar-refractivity contribution < 1.29 is 9.66 Å². The Morgan fingerprint density at radius 2 is 2.15 bits per heavy atom. The maximum Gasteiger partial charge on any atom is 0.292 e. The predicted octanol–water partition coefficient (Wildman–Crippen LogP) is 2.31. The molecule has 0 radical (unpaired) electrons. The number of rotatable bonds is 3. The summed E-state index contributed by atoms with van der Waals surface area (Å²) in [4.78, 5) is 13.4. The molecule has 11 heteroatoms. The van der Waals surface area contributed by atoms with E-state index in [0.29, 0.717) is 32.0 Å². The zero-order chi connectivity index (χ0) is 17.7. The van der Waals surface area contributed by atoms with Crippen molar-refractivity contribution in [2.75, 3.05) is 36.2 Å². The normalized spacial score (nSPS) is 21.5. The first-order valence-corrected chi connectivity index (χ1v) is 9.82. The third kappa shape index (κ3) is 2.46. The van der Waals surface area contributed by atoms with Crippen LogP contribution in [0.3, 0.4) is 0 Å². The third-order valence-corrected chi connectivity index (χ3v) is 6.71. The van der Waals surface area contributed by atoms with E-state index in [-0.39, 0.29) is 16.0 Å². The van der Waals surface area contributed by atoms with Crippen LogP contribution < -0.4 is 9.91 Å². The number of fused-ring (bicyclic) bond motifs is 3. The summed E-state index contributed by atoms with van der Waals surface area (Å²) in [6, 6.07) is 5.51. The number of morpholine rings is 1. The van der Waals surface area contributed by atoms with E-state index in [1.165, 1.54) is 0 Å². The van der Waals surface area contributed by atoms with Crippen LogP contribution in [0, 0.1) is 10.1 Å². The Kier molecular flexibility index (Phi) is 3.80. The lowest BCUT2D eigenvalue weighted by molar-refractivity contribution is -0.384. The van der Waals surface area contributed by atoms with Gasteiger partial charge < -0.3 is 9.64 Å². The highest BCUT2D eigenvalue weighted by molar-refractivity contribution is 8.07. The Bertz CT molecular complexity index is 911. The lowest BCUT2D eigenvalue weighted by atomic mass is 10.1. The van der Waals surface area contributed by atoms with Gasteiger partial charge in [0.2, 0.25) is 5.16 Å². The summed E-state index contributed by atoms with van der Waals surface area (Å²) in [6.45, 7) is 2.51. The Morgan fingerprint density at radius 1 is 1.31 bits per heavy atom. The first-order valence-electron chi connectivity index (χ1n) is 8.06. The molecule has 2 aromatic rings. The topological polar surface area (TPSA) is 89.6 Å². The number of nitro groups is 1. The van der Waals surface area contributed by atoms with Gasteiger partial charge in [0.05, 0.1) is 18.1 Å². The van der Waals surface area contributed by atoms with Crippen molar-refractivity contribution in [3.05, 3.63) is 50.6 Å². The summed E-state index contributed by atoms with van der Waals surface area (Å²) in [5, 5.41) is 25.6. The van der Waals surface area contributed by atoms with Gasteiger partial charge in [0.1, 0.15) is 22.4 Å². The minimum atomic E-state index is -0.300. The average molecular weight is 390 g/mol. The van der Waals surface area contributed by atoms with Gasteiger partial charge in [-0.25, -0.2) is 4.68 Å². The van der Waals surface area contributed by atoms with E-state index < -0.39 is 0 Å². The highest BCUT2D eigenvalue weighted by Gasteiger charge is 2.38. The van der Waals surface area contributed by atoms with Crippen molar-refractivity contribution in [3.63, 3.8) is 0 Å². The van der Waals surface area contributed by atoms with Gasteiger partial charge in [0.15, 0.2) is 0 Å². The van der Waals surface area contributed by atoms with Gasteiger partial charge in [-0.3, -0.25) is 15.1 Å². The predicted molar refractivity (Wildman–Crippen MR) is 98.6 cm³/mol. The van der Waals surface area contributed by atoms with Gasteiger partial charge in [0, 0.05) is 24.6 Å². The molecule has 1 fully saturated rings. The zero-order valence-corrected chi connectivity index (χ0v) is 15.2. The highest BCUT2D eigenvalue weighted by Crippen LogP contribution is 2.51. The van der Waals surface area contributed by atoms with Crippen molar-refractivity contribution >= 4 is 34.9 Å². The largest absolute Gasteiger partial charge is 0.378 e. The van der Waals surface area contributed by atoms with Gasteiger partial charge in [-0.05, 0) is 23.4 Å². The van der Waals surface area contributed by atoms with Crippen LogP contribution in [-0.2, 0) is 4.74 Å². The number of thioether (sulfide) groups is 2. The molecule has 0 bridgehead atoms. The average Bonchev–Trinajstić information content (AvgIpc) is 3.34. The molecule has 0 N–H and O–H groups in total. The number of hydrogen-bond acceptors (Lipinski definition) is 9. The van der Waals surface area contributed by atoms with E-state index in [4.69, 9.17) is 4.74 Å². The second-order valence-electron chi connectivity index (χ2n) is 5.95. The number of aromatic nitrogens is 3. The number of nitrogens with zero attached hydrogens (tertiary/aromatic N) is 6. The van der Waals surface area contributed by atoms with Gasteiger partial charge in [-0.2, -0.15) is 0 Å². The molecule has 0 aliphatic carbocycles. The number of benzene rings is 1. The van der Waals surface area contributed by atoms with E-state index in [2.05, 4.69) is 20.6 Å². The molecule has 9 nitrogen and oxygen atoms in total. The fraction of sp³-hybridized carbons (Fsp3) is 0.333. The Labute approximate surface area is 157 Å². The van der Waals surface area contributed by atoms with Gasteiger partial charge in [0.25, 0.3) is 5.69 Å². The van der Waals surface area contributed by atoms with Crippen LogP contribution in [0.15, 0.2) is 40.1 Å². The maximum absolute atomic E-state index is 11.7. The summed E-state index contributed by atoms with van der Waals surface area (Å²) in [7, 11) is 0. The number of hydrogen-bond donors (Lipinski definition) is 0. The molecule has 1 saturated heterocycles. The van der Waals surface area contributed by atoms with Gasteiger partial charge in [-0.1, -0.05) is 17.8 Å². The van der Waals surface area contributed by atoms with Gasteiger partial charge >= 0.3 is 0 Å². The molecule has 3 aliphatic rings. The Morgan fingerprint density at radius 3 is 2.96 bits per heavy atom. The van der Waals surface area contributed by atoms with Crippen molar-refractivity contribution in [2.24, 2.45) is 0 Å². The monoisotopic (exact) mass is 390 g/mol. The van der Waals surface area contributed by atoms with Crippen molar-refractivity contribution in [1.82, 2.24) is 14.9 Å². The molecular formula is C15H14N6O3S2. The summed E-state index contributed by atoms with van der Waals surface area (Å²) in [5.74, 6) is 0. The minimum absolute atomic E-state index is 0.0767. The molecule has 26 heavy (non-hydrogen) atoms. The highest BCUT2D eigenvalue weighted by atomic mass is 32.2. The molecule has 1 aromatic carbocycles. The zero-order valence-electron chi connectivity index (χ0n) is 13.5.